The number of methoxy groups -OCH3 is 8. The van der Waals surface area contributed by atoms with E-state index in [0.717, 1.165) is 25.7 Å². The van der Waals surface area contributed by atoms with Crippen LogP contribution in [-0.4, -0.2) is 105 Å². The highest BCUT2D eigenvalue weighted by atomic mass is 16.5. The molecule has 1 fully saturated rings. The second-order valence-corrected chi connectivity index (χ2v) is 12.6. The number of esters is 8. The molecule has 0 radical (unpaired) electrons. The van der Waals surface area contributed by atoms with Crippen molar-refractivity contribution in [3.63, 3.8) is 0 Å². The molecule has 0 amide bonds. The maximum Gasteiger partial charge on any atom is 0.337 e. The zero-order chi connectivity index (χ0) is 46.9. The summed E-state index contributed by atoms with van der Waals surface area (Å²) in [5.41, 5.74) is 1.47. The van der Waals surface area contributed by atoms with E-state index >= 15 is 0 Å². The molecule has 1 aromatic carbocycles. The fourth-order valence-corrected chi connectivity index (χ4v) is 5.92. The van der Waals surface area contributed by atoms with Gasteiger partial charge in [-0.2, -0.15) is 0 Å². The molecule has 0 saturated heterocycles. The van der Waals surface area contributed by atoms with E-state index < -0.39 is 11.9 Å². The minimum atomic E-state index is -0.429. The molecular weight excluding hydrogens is 784 g/mol. The molecule has 3 atom stereocenters. The van der Waals surface area contributed by atoms with Gasteiger partial charge >= 0.3 is 47.8 Å². The van der Waals surface area contributed by atoms with Crippen LogP contribution in [-0.2, 0) is 66.7 Å². The number of hydrogen-bond acceptors (Lipinski definition) is 16. The van der Waals surface area contributed by atoms with Crippen molar-refractivity contribution in [2.75, 3.05) is 56.9 Å². The van der Waals surface area contributed by atoms with Gasteiger partial charge in [-0.1, -0.05) is 46.9 Å². The van der Waals surface area contributed by atoms with Crippen LogP contribution in [0.3, 0.4) is 0 Å². The summed E-state index contributed by atoms with van der Waals surface area (Å²) in [4.78, 5) is 88.9. The predicted molar refractivity (Wildman–Crippen MR) is 222 cm³/mol. The highest BCUT2D eigenvalue weighted by Crippen LogP contribution is 2.30. The third kappa shape index (κ3) is 20.4. The van der Waals surface area contributed by atoms with Crippen LogP contribution in [0, 0.1) is 29.6 Å². The molecule has 0 aliphatic heterocycles. The fraction of sp³-hybridized carbons (Fsp3) is 0.591. The first kappa shape index (κ1) is 54.5. The highest BCUT2D eigenvalue weighted by Gasteiger charge is 2.31. The molecule has 340 valence electrons. The summed E-state index contributed by atoms with van der Waals surface area (Å²) < 4.78 is 48.5. The fourth-order valence-electron chi connectivity index (χ4n) is 5.92. The Kier molecular flexibility index (Phi) is 30.2. The molecule has 0 N–H and O–H groups in total. The van der Waals surface area contributed by atoms with E-state index in [1.165, 1.54) is 81.1 Å². The third-order valence-corrected chi connectivity index (χ3v) is 9.29. The Morgan fingerprint density at radius 2 is 0.817 bits per heavy atom. The molecule has 1 saturated carbocycles. The van der Waals surface area contributed by atoms with Crippen molar-refractivity contribution < 1.29 is 79.0 Å². The molecule has 0 bridgehead atoms. The molecule has 0 heterocycles. The van der Waals surface area contributed by atoms with Crippen molar-refractivity contribution in [1.29, 1.82) is 0 Å². The second-order valence-electron chi connectivity index (χ2n) is 12.6. The quantitative estimate of drug-likeness (QED) is 0.152. The average molecular weight is 856 g/mol. The van der Waals surface area contributed by atoms with Gasteiger partial charge < -0.3 is 37.9 Å². The standard InChI is InChI=1S/C10H16O4.2C10H14O4.C10H10O4.C2H6.2CH4/c4*1-13-9(11)7-3-5-8(6-4-7)10(12)14-2;1-2;;/h7-8H,3-6H2,1-2H3;3,8H,4-6H2,1-2H3;3,5,7-8H,4,6H2,1-2H3;3-6H,1-2H3;1-2H3;2*1H4/i;;;;;1TD;. The first-order valence-electron chi connectivity index (χ1n) is 20.3. The number of ether oxygens (including phenoxy) is 8. The van der Waals surface area contributed by atoms with Gasteiger partial charge in [-0.05, 0) is 82.1 Å². The lowest BCUT2D eigenvalue weighted by Crippen LogP contribution is -2.27. The van der Waals surface area contributed by atoms with Gasteiger partial charge in [0.1, 0.15) is 0 Å². The molecular formula is C44H68O16. The first-order valence-corrected chi connectivity index (χ1v) is 18.9. The summed E-state index contributed by atoms with van der Waals surface area (Å²) in [6.07, 6.45) is 11.2. The SMILES string of the molecule is C.CC.COC(=O)C1=CCC(C(=O)OC)CC1.COC(=O)C1C=CC(C(=O)OC)CC1.COC(=O)C1CCC(C(=O)OC)CC1.COC(=O)c1ccc(C(=O)OC)cc1.[2H]C[3H]. The topological polar surface area (TPSA) is 210 Å². The number of carbonyl (C=O) groups excluding carboxylic acids is 8. The van der Waals surface area contributed by atoms with Crippen molar-refractivity contribution in [1.82, 2.24) is 0 Å². The van der Waals surface area contributed by atoms with Crippen LogP contribution in [0.5, 0.6) is 0 Å². The van der Waals surface area contributed by atoms with Gasteiger partial charge in [0.2, 0.25) is 0 Å². The Morgan fingerprint density at radius 3 is 1.07 bits per heavy atom. The van der Waals surface area contributed by atoms with Gasteiger partial charge in [0.25, 0.3) is 0 Å². The minimum Gasteiger partial charge on any atom is -0.469 e. The Balaban J connectivity index is -0.000000718. The molecule has 1 aromatic rings. The summed E-state index contributed by atoms with van der Waals surface area (Å²) in [6.45, 7) is 4.00. The van der Waals surface area contributed by atoms with Crippen LogP contribution in [0.25, 0.3) is 0 Å². The number of benzene rings is 1. The first-order chi connectivity index (χ1) is 29.2. The van der Waals surface area contributed by atoms with E-state index in [2.05, 4.69) is 37.9 Å². The molecule has 3 aliphatic rings. The van der Waals surface area contributed by atoms with Crippen LogP contribution in [0.1, 0.15) is 110 Å². The normalized spacial score (nSPS) is 19.7. The number of allylic oxidation sites excluding steroid dienone is 1. The van der Waals surface area contributed by atoms with Gasteiger partial charge in [-0.25, -0.2) is 14.4 Å². The summed E-state index contributed by atoms with van der Waals surface area (Å²) in [5, 5.41) is 0. The number of hydrogen-bond donors (Lipinski definition) is 0. The third-order valence-electron chi connectivity index (χ3n) is 9.29. The minimum absolute atomic E-state index is 0. The van der Waals surface area contributed by atoms with E-state index in [-0.39, 0.29) is 80.2 Å². The maximum atomic E-state index is 11.2. The molecule has 0 aromatic heterocycles. The van der Waals surface area contributed by atoms with E-state index in [1.807, 2.05) is 13.8 Å². The Morgan fingerprint density at radius 1 is 0.500 bits per heavy atom. The predicted octanol–water partition coefficient (Wildman–Crippen LogP) is 6.67. The van der Waals surface area contributed by atoms with Crippen molar-refractivity contribution in [2.24, 2.45) is 29.6 Å². The molecule has 60 heavy (non-hydrogen) atoms. The second kappa shape index (κ2) is 33.3. The van der Waals surface area contributed by atoms with Crippen LogP contribution in [0.15, 0.2) is 48.1 Å². The lowest BCUT2D eigenvalue weighted by molar-refractivity contribution is -0.151. The van der Waals surface area contributed by atoms with E-state index in [4.69, 9.17) is 2.74 Å². The monoisotopic (exact) mass is 855 g/mol. The Bertz CT molecular complexity index is 1480. The van der Waals surface area contributed by atoms with Crippen LogP contribution >= 0.6 is 0 Å². The lowest BCUT2D eigenvalue weighted by Gasteiger charge is -2.24. The van der Waals surface area contributed by atoms with Crippen LogP contribution < -0.4 is 0 Å². The number of carbonyl (C=O) groups is 8. The summed E-state index contributed by atoms with van der Waals surface area (Å²) >= 11 is 0. The zero-order valence-corrected chi connectivity index (χ0v) is 36.0. The Hall–Kier alpha value is -5.54. The summed E-state index contributed by atoms with van der Waals surface area (Å²) in [7, 11) is 10.6. The van der Waals surface area contributed by atoms with E-state index in [9.17, 15) is 38.4 Å². The Labute approximate surface area is 358 Å². The molecule has 4 rings (SSSR count). The lowest BCUT2D eigenvalue weighted by atomic mass is 9.82. The molecule has 16 heteroatoms. The largest absolute Gasteiger partial charge is 0.469 e. The van der Waals surface area contributed by atoms with Crippen LogP contribution in [0.2, 0.25) is 0 Å². The smallest absolute Gasteiger partial charge is 0.337 e. The molecule has 3 aliphatic carbocycles. The highest BCUT2D eigenvalue weighted by molar-refractivity contribution is 5.93. The van der Waals surface area contributed by atoms with Gasteiger partial charge in [0.05, 0.1) is 97.6 Å². The molecule has 3 unspecified atom stereocenters. The number of rotatable bonds is 8. The van der Waals surface area contributed by atoms with Crippen molar-refractivity contribution >= 4 is 47.8 Å². The zero-order valence-electron chi connectivity index (χ0n) is 38.0. The summed E-state index contributed by atoms with van der Waals surface area (Å²) in [5.74, 6) is -2.74. The van der Waals surface area contributed by atoms with Gasteiger partial charge in [-0.3, -0.25) is 24.0 Å². The van der Waals surface area contributed by atoms with Crippen molar-refractivity contribution in [3.8, 4) is 0 Å². The van der Waals surface area contributed by atoms with E-state index in [0.29, 0.717) is 48.8 Å². The maximum absolute atomic E-state index is 11.2. The van der Waals surface area contributed by atoms with Crippen molar-refractivity contribution in [2.45, 2.75) is 86.4 Å². The molecule has 0 spiro atoms. The van der Waals surface area contributed by atoms with E-state index in [1.54, 1.807) is 18.2 Å². The summed E-state index contributed by atoms with van der Waals surface area (Å²) in [6, 6.07) is 6.05. The molecule has 16 nitrogen and oxygen atoms in total. The van der Waals surface area contributed by atoms with Gasteiger partial charge in [0, 0.05) is 8.31 Å². The average Bonchev–Trinajstić information content (AvgIpc) is 3.33. The van der Waals surface area contributed by atoms with Crippen molar-refractivity contribution in [3.05, 3.63) is 59.2 Å². The van der Waals surface area contributed by atoms with Gasteiger partial charge in [-0.15, -0.1) is 0 Å². The van der Waals surface area contributed by atoms with Gasteiger partial charge in [0.15, 0.2) is 0 Å². The van der Waals surface area contributed by atoms with Crippen LogP contribution in [0.4, 0.5) is 0 Å².